The summed E-state index contributed by atoms with van der Waals surface area (Å²) in [5.74, 6) is 0.501. The van der Waals surface area contributed by atoms with E-state index < -0.39 is 0 Å². The molecule has 1 aliphatic rings. The molecule has 0 N–H and O–H groups in total. The monoisotopic (exact) mass is 299 g/mol. The molecule has 1 atom stereocenters. The number of aromatic nitrogens is 4. The van der Waals surface area contributed by atoms with E-state index in [0.29, 0.717) is 18.9 Å². The summed E-state index contributed by atoms with van der Waals surface area (Å²) in [6.45, 7) is 4.23. The van der Waals surface area contributed by atoms with Gasteiger partial charge < -0.3 is 4.90 Å². The van der Waals surface area contributed by atoms with Gasteiger partial charge in [0.15, 0.2) is 0 Å². The maximum atomic E-state index is 12.4. The largest absolute Gasteiger partial charge is 0.342 e. The third-order valence-corrected chi connectivity index (χ3v) is 4.24. The Hall–Kier alpha value is -2.24. The molecule has 1 amide bonds. The van der Waals surface area contributed by atoms with Gasteiger partial charge in [-0.3, -0.25) is 19.4 Å². The van der Waals surface area contributed by atoms with Gasteiger partial charge in [-0.05, 0) is 25.8 Å². The Morgan fingerprint density at radius 3 is 3.00 bits per heavy atom. The van der Waals surface area contributed by atoms with Gasteiger partial charge in [-0.25, -0.2) is 0 Å². The Labute approximate surface area is 130 Å². The maximum absolute atomic E-state index is 12.4. The van der Waals surface area contributed by atoms with Crippen LogP contribution in [-0.4, -0.2) is 43.6 Å². The Morgan fingerprint density at radius 2 is 2.27 bits per heavy atom. The van der Waals surface area contributed by atoms with E-state index in [-0.39, 0.29) is 5.91 Å². The number of nitrogens with zero attached hydrogens (tertiary/aromatic N) is 5. The van der Waals surface area contributed by atoms with Crippen molar-refractivity contribution in [3.05, 3.63) is 42.2 Å². The number of hydrogen-bond acceptors (Lipinski definition) is 4. The fraction of sp³-hybridized carbons (Fsp3) is 0.500. The van der Waals surface area contributed by atoms with Gasteiger partial charge in [0.1, 0.15) is 0 Å². The molecule has 3 heterocycles. The lowest BCUT2D eigenvalue weighted by atomic mass is 9.95. The number of amides is 1. The summed E-state index contributed by atoms with van der Waals surface area (Å²) < 4.78 is 1.88. The Morgan fingerprint density at radius 1 is 1.36 bits per heavy atom. The van der Waals surface area contributed by atoms with E-state index in [1.54, 1.807) is 18.6 Å². The summed E-state index contributed by atoms with van der Waals surface area (Å²) in [7, 11) is 0. The predicted molar refractivity (Wildman–Crippen MR) is 82.2 cm³/mol. The zero-order valence-electron chi connectivity index (χ0n) is 12.9. The Balaban J connectivity index is 1.57. The van der Waals surface area contributed by atoms with Gasteiger partial charge in [0, 0.05) is 62.5 Å². The Kier molecular flexibility index (Phi) is 4.46. The molecule has 2 aromatic rings. The van der Waals surface area contributed by atoms with Crippen LogP contribution in [0, 0.1) is 6.92 Å². The van der Waals surface area contributed by atoms with Crippen molar-refractivity contribution in [2.24, 2.45) is 0 Å². The summed E-state index contributed by atoms with van der Waals surface area (Å²) in [6.07, 6.45) is 9.57. The number of likely N-dealkylation sites (tertiary alicyclic amines) is 1. The first kappa shape index (κ1) is 14.7. The molecule has 0 aliphatic carbocycles. The minimum absolute atomic E-state index is 0.198. The highest BCUT2D eigenvalue weighted by atomic mass is 16.2. The highest BCUT2D eigenvalue weighted by Crippen LogP contribution is 2.25. The van der Waals surface area contributed by atoms with Crippen LogP contribution in [0.3, 0.4) is 0 Å². The van der Waals surface area contributed by atoms with Crippen molar-refractivity contribution in [3.8, 4) is 0 Å². The lowest BCUT2D eigenvalue weighted by molar-refractivity contribution is -0.132. The zero-order valence-corrected chi connectivity index (χ0v) is 12.9. The first-order valence-electron chi connectivity index (χ1n) is 7.76. The fourth-order valence-corrected chi connectivity index (χ4v) is 2.96. The average molecular weight is 299 g/mol. The van der Waals surface area contributed by atoms with Crippen LogP contribution in [0.15, 0.2) is 30.9 Å². The van der Waals surface area contributed by atoms with Crippen LogP contribution in [0.5, 0.6) is 0 Å². The third kappa shape index (κ3) is 3.32. The normalized spacial score (nSPS) is 18.4. The number of piperidine rings is 1. The standard InChI is InChI=1S/C16H21N5O/c1-13-4-6-19-21(13)10-5-16(22)20-9-2-3-14(12-20)15-11-17-7-8-18-15/h4,6-8,11,14H,2-3,5,9-10,12H2,1H3/t14-/m0/s1. The van der Waals surface area contributed by atoms with E-state index >= 15 is 0 Å². The summed E-state index contributed by atoms with van der Waals surface area (Å²) in [6, 6.07) is 1.95. The number of aryl methyl sites for hydroxylation is 2. The van der Waals surface area contributed by atoms with Crippen LogP contribution < -0.4 is 0 Å². The van der Waals surface area contributed by atoms with Crippen LogP contribution >= 0.6 is 0 Å². The van der Waals surface area contributed by atoms with Crippen LogP contribution in [0.2, 0.25) is 0 Å². The van der Waals surface area contributed by atoms with Crippen molar-refractivity contribution in [2.45, 2.75) is 38.6 Å². The first-order chi connectivity index (χ1) is 10.7. The van der Waals surface area contributed by atoms with Crippen molar-refractivity contribution >= 4 is 5.91 Å². The fourth-order valence-electron chi connectivity index (χ4n) is 2.96. The van der Waals surface area contributed by atoms with Gasteiger partial charge >= 0.3 is 0 Å². The molecule has 116 valence electrons. The quantitative estimate of drug-likeness (QED) is 0.863. The van der Waals surface area contributed by atoms with Crippen molar-refractivity contribution in [1.82, 2.24) is 24.6 Å². The molecule has 6 heteroatoms. The van der Waals surface area contributed by atoms with Gasteiger partial charge in [-0.15, -0.1) is 0 Å². The van der Waals surface area contributed by atoms with Crippen molar-refractivity contribution in [1.29, 1.82) is 0 Å². The average Bonchev–Trinajstić information content (AvgIpc) is 2.99. The maximum Gasteiger partial charge on any atom is 0.224 e. The molecule has 6 nitrogen and oxygen atoms in total. The third-order valence-electron chi connectivity index (χ3n) is 4.24. The van der Waals surface area contributed by atoms with Gasteiger partial charge in [-0.2, -0.15) is 5.10 Å². The van der Waals surface area contributed by atoms with Gasteiger partial charge in [0.05, 0.1) is 5.69 Å². The molecule has 0 aromatic carbocycles. The molecule has 3 rings (SSSR count). The minimum Gasteiger partial charge on any atom is -0.342 e. The second-order valence-electron chi connectivity index (χ2n) is 5.75. The van der Waals surface area contributed by atoms with Gasteiger partial charge in [-0.1, -0.05) is 0 Å². The van der Waals surface area contributed by atoms with Gasteiger partial charge in [0.25, 0.3) is 0 Å². The second kappa shape index (κ2) is 6.68. The lowest BCUT2D eigenvalue weighted by Gasteiger charge is -2.32. The highest BCUT2D eigenvalue weighted by molar-refractivity contribution is 5.76. The molecule has 0 spiro atoms. The molecule has 22 heavy (non-hydrogen) atoms. The molecular weight excluding hydrogens is 278 g/mol. The Bertz CT molecular complexity index is 624. The van der Waals surface area contributed by atoms with E-state index in [9.17, 15) is 4.79 Å². The number of carbonyl (C=O) groups is 1. The van der Waals surface area contributed by atoms with Crippen LogP contribution in [-0.2, 0) is 11.3 Å². The number of carbonyl (C=O) groups excluding carboxylic acids is 1. The first-order valence-corrected chi connectivity index (χ1v) is 7.76. The SMILES string of the molecule is Cc1ccnn1CCC(=O)N1CCC[C@H](c2cnccn2)C1. The van der Waals surface area contributed by atoms with E-state index in [1.165, 1.54) is 0 Å². The predicted octanol–water partition coefficient (Wildman–Crippen LogP) is 1.78. The summed E-state index contributed by atoms with van der Waals surface area (Å²) in [5.41, 5.74) is 2.08. The van der Waals surface area contributed by atoms with Crippen LogP contribution in [0.1, 0.15) is 36.6 Å². The minimum atomic E-state index is 0.198. The molecule has 0 bridgehead atoms. The van der Waals surface area contributed by atoms with Gasteiger partial charge in [0.2, 0.25) is 5.91 Å². The summed E-state index contributed by atoms with van der Waals surface area (Å²) >= 11 is 0. The smallest absolute Gasteiger partial charge is 0.224 e. The molecule has 1 aliphatic heterocycles. The second-order valence-corrected chi connectivity index (χ2v) is 5.75. The topological polar surface area (TPSA) is 63.9 Å². The zero-order chi connectivity index (χ0) is 15.4. The van der Waals surface area contributed by atoms with Crippen LogP contribution in [0.4, 0.5) is 0 Å². The van der Waals surface area contributed by atoms with E-state index in [4.69, 9.17) is 0 Å². The highest BCUT2D eigenvalue weighted by Gasteiger charge is 2.25. The molecule has 0 saturated carbocycles. The molecule has 1 saturated heterocycles. The number of rotatable bonds is 4. The molecular formula is C16H21N5O. The summed E-state index contributed by atoms with van der Waals surface area (Å²) in [5, 5.41) is 4.22. The molecule has 1 fully saturated rings. The lowest BCUT2D eigenvalue weighted by Crippen LogP contribution is -2.39. The van der Waals surface area contributed by atoms with Crippen molar-refractivity contribution in [3.63, 3.8) is 0 Å². The van der Waals surface area contributed by atoms with Crippen LogP contribution in [0.25, 0.3) is 0 Å². The summed E-state index contributed by atoms with van der Waals surface area (Å²) in [4.78, 5) is 22.9. The van der Waals surface area contributed by atoms with E-state index in [2.05, 4.69) is 15.1 Å². The molecule has 0 unspecified atom stereocenters. The molecule has 0 radical (unpaired) electrons. The van der Waals surface area contributed by atoms with E-state index in [1.807, 2.05) is 28.8 Å². The van der Waals surface area contributed by atoms with Crippen molar-refractivity contribution in [2.75, 3.05) is 13.1 Å². The van der Waals surface area contributed by atoms with E-state index in [0.717, 1.165) is 37.3 Å². The number of hydrogen-bond donors (Lipinski definition) is 0. The molecule has 2 aromatic heterocycles. The van der Waals surface area contributed by atoms with Crippen molar-refractivity contribution < 1.29 is 4.79 Å².